The molecule has 3 heterocycles. The lowest BCUT2D eigenvalue weighted by Crippen LogP contribution is -2.46. The number of carbonyl (C=O) groups excluding carboxylic acids is 1. The third kappa shape index (κ3) is 3.33. The van der Waals surface area contributed by atoms with Crippen molar-refractivity contribution in [3.05, 3.63) is 21.9 Å². The fraction of sp³-hybridized carbons (Fsp3) is 0.625. The minimum Gasteiger partial charge on any atom is -0.481 e. The Kier molecular flexibility index (Phi) is 5.08. The minimum absolute atomic E-state index is 0.0829. The number of hydrogen-bond acceptors (Lipinski definition) is 4. The fourth-order valence-electron chi connectivity index (χ4n) is 3.38. The minimum atomic E-state index is -0.773. The van der Waals surface area contributed by atoms with Crippen LogP contribution in [0.25, 0.3) is 0 Å². The van der Waals surface area contributed by atoms with Gasteiger partial charge in [-0.25, -0.2) is 0 Å². The molecule has 2 atom stereocenters. The first-order valence-corrected chi connectivity index (χ1v) is 9.80. The summed E-state index contributed by atoms with van der Waals surface area (Å²) in [7, 11) is 0. The van der Waals surface area contributed by atoms with Gasteiger partial charge in [-0.1, -0.05) is 0 Å². The maximum Gasteiger partial charge on any atom is 0.303 e. The van der Waals surface area contributed by atoms with Gasteiger partial charge in [0, 0.05) is 23.9 Å². The Morgan fingerprint density at radius 3 is 3.05 bits per heavy atom. The van der Waals surface area contributed by atoms with E-state index in [4.69, 9.17) is 5.11 Å². The number of carbonyl (C=O) groups is 2. The normalized spacial score (nSPS) is 24.8. The number of nitrogens with zero attached hydrogens (tertiary/aromatic N) is 1. The van der Waals surface area contributed by atoms with Crippen LogP contribution in [0, 0.1) is 0 Å². The molecule has 120 valence electrons. The molecule has 1 fully saturated rings. The summed E-state index contributed by atoms with van der Waals surface area (Å²) in [6.45, 7) is 0.777. The first kappa shape index (κ1) is 15.9. The highest BCUT2D eigenvalue weighted by Gasteiger charge is 2.35. The first-order chi connectivity index (χ1) is 10.7. The van der Waals surface area contributed by atoms with Crippen molar-refractivity contribution < 1.29 is 14.7 Å². The van der Waals surface area contributed by atoms with Crippen molar-refractivity contribution in [2.45, 2.75) is 49.8 Å². The highest BCUT2D eigenvalue weighted by molar-refractivity contribution is 8.00. The molecule has 0 spiro atoms. The quantitative estimate of drug-likeness (QED) is 0.914. The molecule has 0 saturated carbocycles. The maximum absolute atomic E-state index is 13.0. The van der Waals surface area contributed by atoms with Gasteiger partial charge in [0.2, 0.25) is 5.91 Å². The van der Waals surface area contributed by atoms with Crippen LogP contribution in [0.15, 0.2) is 11.4 Å². The number of carboxylic acid groups (broad SMARTS) is 1. The van der Waals surface area contributed by atoms with Crippen LogP contribution >= 0.6 is 23.1 Å². The number of aliphatic carboxylic acids is 1. The van der Waals surface area contributed by atoms with Crippen LogP contribution in [0.2, 0.25) is 0 Å². The Balaban J connectivity index is 1.74. The van der Waals surface area contributed by atoms with Crippen molar-refractivity contribution in [3.8, 4) is 0 Å². The topological polar surface area (TPSA) is 57.6 Å². The summed E-state index contributed by atoms with van der Waals surface area (Å²) in [6, 6.07) is 2.19. The van der Waals surface area contributed by atoms with Crippen LogP contribution in [-0.2, 0) is 16.0 Å². The Labute approximate surface area is 138 Å². The Bertz CT molecular complexity index is 557. The molecule has 2 aliphatic rings. The average Bonchev–Trinajstić information content (AvgIpc) is 3.01. The van der Waals surface area contributed by atoms with Gasteiger partial charge in [-0.05, 0) is 54.9 Å². The summed E-state index contributed by atoms with van der Waals surface area (Å²) in [4.78, 5) is 27.2. The largest absolute Gasteiger partial charge is 0.481 e. The fourth-order valence-corrected chi connectivity index (χ4v) is 5.74. The van der Waals surface area contributed by atoms with E-state index < -0.39 is 5.97 Å². The SMILES string of the molecule is O=C(O)CCC1CCCCN1C(=O)C1SCCc2sccc21. The predicted molar refractivity (Wildman–Crippen MR) is 89.4 cm³/mol. The number of fused-ring (bicyclic) bond motifs is 1. The van der Waals surface area contributed by atoms with Crippen molar-refractivity contribution in [1.29, 1.82) is 0 Å². The summed E-state index contributed by atoms with van der Waals surface area (Å²) < 4.78 is 0. The van der Waals surface area contributed by atoms with E-state index >= 15 is 0 Å². The third-order valence-corrected chi connectivity index (χ3v) is 6.73. The molecule has 2 aliphatic heterocycles. The number of hydrogen-bond donors (Lipinski definition) is 1. The first-order valence-electron chi connectivity index (χ1n) is 7.87. The van der Waals surface area contributed by atoms with Crippen molar-refractivity contribution >= 4 is 35.0 Å². The highest BCUT2D eigenvalue weighted by atomic mass is 32.2. The number of amides is 1. The number of rotatable bonds is 4. The summed E-state index contributed by atoms with van der Waals surface area (Å²) in [5.41, 5.74) is 1.19. The van der Waals surface area contributed by atoms with Gasteiger partial charge >= 0.3 is 5.97 Å². The molecular formula is C16H21NO3S2. The monoisotopic (exact) mass is 339 g/mol. The summed E-state index contributed by atoms with van der Waals surface area (Å²) in [5, 5.41) is 10.9. The molecule has 4 nitrogen and oxygen atoms in total. The van der Waals surface area contributed by atoms with Crippen LogP contribution in [0.1, 0.15) is 47.8 Å². The Morgan fingerprint density at radius 2 is 2.23 bits per heavy atom. The van der Waals surface area contributed by atoms with Gasteiger partial charge in [-0.2, -0.15) is 0 Å². The molecule has 1 aromatic heterocycles. The summed E-state index contributed by atoms with van der Waals surface area (Å²) in [6.07, 6.45) is 4.85. The lowest BCUT2D eigenvalue weighted by molar-refractivity contribution is -0.140. The van der Waals surface area contributed by atoms with Crippen molar-refractivity contribution in [2.24, 2.45) is 0 Å². The van der Waals surface area contributed by atoms with Gasteiger partial charge in [-0.15, -0.1) is 23.1 Å². The van der Waals surface area contributed by atoms with E-state index in [2.05, 4.69) is 11.4 Å². The molecule has 2 unspecified atom stereocenters. The van der Waals surface area contributed by atoms with Crippen LogP contribution in [-0.4, -0.2) is 40.2 Å². The van der Waals surface area contributed by atoms with Crippen LogP contribution in [0.3, 0.4) is 0 Å². The zero-order chi connectivity index (χ0) is 15.5. The molecule has 0 radical (unpaired) electrons. The predicted octanol–water partition coefficient (Wildman–Crippen LogP) is 3.32. The van der Waals surface area contributed by atoms with Gasteiger partial charge < -0.3 is 10.0 Å². The Hall–Kier alpha value is -1.01. The molecule has 3 rings (SSSR count). The average molecular weight is 339 g/mol. The number of piperidine rings is 1. The highest BCUT2D eigenvalue weighted by Crippen LogP contribution is 2.41. The standard InChI is InChI=1S/C16H21NO3S2/c18-14(19)5-4-11-3-1-2-8-17(11)16(20)15-12-6-9-21-13(12)7-10-22-15/h6,9,11,15H,1-5,7-8,10H2,(H,18,19). The smallest absolute Gasteiger partial charge is 0.303 e. The maximum atomic E-state index is 13.0. The van der Waals surface area contributed by atoms with Gasteiger partial charge in [0.1, 0.15) is 5.25 Å². The number of thioether (sulfide) groups is 1. The lowest BCUT2D eigenvalue weighted by Gasteiger charge is -2.38. The molecule has 6 heteroatoms. The van der Waals surface area contributed by atoms with E-state index in [1.165, 1.54) is 10.4 Å². The van der Waals surface area contributed by atoms with Gasteiger partial charge in [0.25, 0.3) is 0 Å². The second-order valence-electron chi connectivity index (χ2n) is 5.91. The molecular weight excluding hydrogens is 318 g/mol. The number of thiophene rings is 1. The zero-order valence-electron chi connectivity index (χ0n) is 12.5. The third-order valence-electron chi connectivity index (χ3n) is 4.50. The number of aryl methyl sites for hydroxylation is 1. The lowest BCUT2D eigenvalue weighted by atomic mass is 9.96. The van der Waals surface area contributed by atoms with Crippen molar-refractivity contribution in [1.82, 2.24) is 4.90 Å². The van der Waals surface area contributed by atoms with Gasteiger partial charge in [0.15, 0.2) is 0 Å². The van der Waals surface area contributed by atoms with E-state index in [0.717, 1.165) is 38.0 Å². The van der Waals surface area contributed by atoms with Gasteiger partial charge in [-0.3, -0.25) is 9.59 Å². The van der Waals surface area contributed by atoms with E-state index in [0.29, 0.717) is 6.42 Å². The van der Waals surface area contributed by atoms with Crippen molar-refractivity contribution in [3.63, 3.8) is 0 Å². The number of carboxylic acids is 1. The zero-order valence-corrected chi connectivity index (χ0v) is 14.1. The molecule has 1 amide bonds. The molecule has 0 aromatic carbocycles. The second-order valence-corrected chi connectivity index (χ2v) is 8.13. The molecule has 1 aromatic rings. The molecule has 0 bridgehead atoms. The van der Waals surface area contributed by atoms with E-state index in [1.807, 2.05) is 4.90 Å². The molecule has 0 aliphatic carbocycles. The van der Waals surface area contributed by atoms with E-state index in [9.17, 15) is 9.59 Å². The van der Waals surface area contributed by atoms with Crippen LogP contribution < -0.4 is 0 Å². The summed E-state index contributed by atoms with van der Waals surface area (Å²) >= 11 is 3.48. The molecule has 22 heavy (non-hydrogen) atoms. The second kappa shape index (κ2) is 7.04. The van der Waals surface area contributed by atoms with Crippen LogP contribution in [0.5, 0.6) is 0 Å². The van der Waals surface area contributed by atoms with E-state index in [-0.39, 0.29) is 23.6 Å². The Morgan fingerprint density at radius 1 is 1.36 bits per heavy atom. The molecule has 1 saturated heterocycles. The van der Waals surface area contributed by atoms with E-state index in [1.54, 1.807) is 23.1 Å². The number of likely N-dealkylation sites (tertiary alicyclic amines) is 1. The van der Waals surface area contributed by atoms with Crippen molar-refractivity contribution in [2.75, 3.05) is 12.3 Å². The van der Waals surface area contributed by atoms with Crippen LogP contribution in [0.4, 0.5) is 0 Å². The molecule has 1 N–H and O–H groups in total. The summed E-state index contributed by atoms with van der Waals surface area (Å²) in [5.74, 6) is 0.418. The van der Waals surface area contributed by atoms with Gasteiger partial charge in [0.05, 0.1) is 0 Å².